The molecule has 9 heteroatoms. The smallest absolute Gasteiger partial charge is 0.319 e. The molecule has 7 nitrogen and oxygen atoms in total. The average molecular weight is 525 g/mol. The van der Waals surface area contributed by atoms with Gasteiger partial charge in [0.1, 0.15) is 11.6 Å². The number of hydrogen-bond donors (Lipinski definition) is 5. The fraction of sp³-hybridized carbons (Fsp3) is 0.310. The lowest BCUT2D eigenvalue weighted by molar-refractivity contribution is 0.0830. The number of aryl methyl sites for hydroxylation is 1. The summed E-state index contributed by atoms with van der Waals surface area (Å²) in [5, 5.41) is 22.2. The predicted octanol–water partition coefficient (Wildman–Crippen LogP) is 4.16. The summed E-state index contributed by atoms with van der Waals surface area (Å²) in [6.07, 6.45) is -0.186. The Morgan fingerprint density at radius 3 is 2.32 bits per heavy atom. The second kappa shape index (κ2) is 14.2. The highest BCUT2D eigenvalue weighted by atomic mass is 19.1. The number of carbonyl (C=O) groups is 2. The van der Waals surface area contributed by atoms with Crippen molar-refractivity contribution in [3.05, 3.63) is 101 Å². The van der Waals surface area contributed by atoms with Crippen molar-refractivity contribution in [1.29, 1.82) is 0 Å². The van der Waals surface area contributed by atoms with Crippen LogP contribution in [-0.2, 0) is 19.4 Å². The Kier molecular flexibility index (Phi) is 10.7. The van der Waals surface area contributed by atoms with E-state index in [1.165, 1.54) is 17.7 Å². The Hall–Kier alpha value is -3.82. The first-order chi connectivity index (χ1) is 18.3. The summed E-state index contributed by atoms with van der Waals surface area (Å²) in [5.41, 5.74) is 3.01. The summed E-state index contributed by atoms with van der Waals surface area (Å²) in [5.74, 6) is -2.04. The van der Waals surface area contributed by atoms with Crippen LogP contribution in [0.4, 0.5) is 19.3 Å². The van der Waals surface area contributed by atoms with Gasteiger partial charge in [-0.05, 0) is 60.7 Å². The molecule has 0 spiro atoms. The van der Waals surface area contributed by atoms with E-state index in [9.17, 15) is 23.5 Å². The number of rotatable bonds is 12. The molecule has 0 aliphatic rings. The number of nitrogens with one attached hydrogen (secondary N) is 4. The van der Waals surface area contributed by atoms with Crippen molar-refractivity contribution in [1.82, 2.24) is 16.0 Å². The number of urea groups is 1. The molecular formula is C29H34F2N4O3. The fourth-order valence-corrected chi connectivity index (χ4v) is 4.10. The van der Waals surface area contributed by atoms with Crippen molar-refractivity contribution in [3.63, 3.8) is 0 Å². The van der Waals surface area contributed by atoms with Crippen LogP contribution in [0.5, 0.6) is 0 Å². The van der Waals surface area contributed by atoms with Crippen LogP contribution in [-0.4, -0.2) is 42.3 Å². The van der Waals surface area contributed by atoms with Crippen molar-refractivity contribution >= 4 is 17.6 Å². The van der Waals surface area contributed by atoms with E-state index in [1.807, 2.05) is 18.2 Å². The van der Waals surface area contributed by atoms with Gasteiger partial charge in [0.2, 0.25) is 0 Å². The minimum Gasteiger partial charge on any atom is -0.390 e. The molecule has 3 amide bonds. The molecule has 5 N–H and O–H groups in total. The first-order valence-electron chi connectivity index (χ1n) is 12.6. The normalized spacial score (nSPS) is 12.4. The van der Waals surface area contributed by atoms with Crippen LogP contribution >= 0.6 is 0 Å². The highest BCUT2D eigenvalue weighted by Crippen LogP contribution is 2.17. The largest absolute Gasteiger partial charge is 0.390 e. The zero-order chi connectivity index (χ0) is 27.5. The fourth-order valence-electron chi connectivity index (χ4n) is 4.10. The van der Waals surface area contributed by atoms with Crippen molar-refractivity contribution in [2.45, 2.75) is 45.4 Å². The molecule has 0 unspecified atom stereocenters. The Balaban J connectivity index is 1.76. The third kappa shape index (κ3) is 8.64. The first-order valence-corrected chi connectivity index (χ1v) is 12.6. The minimum absolute atomic E-state index is 0.0134. The highest BCUT2D eigenvalue weighted by molar-refractivity contribution is 6.03. The van der Waals surface area contributed by atoms with E-state index in [0.717, 1.165) is 18.1 Å². The van der Waals surface area contributed by atoms with Crippen LogP contribution in [0.2, 0.25) is 0 Å². The Morgan fingerprint density at radius 1 is 0.895 bits per heavy atom. The van der Waals surface area contributed by atoms with E-state index in [-0.39, 0.29) is 29.8 Å². The number of benzene rings is 3. The van der Waals surface area contributed by atoms with E-state index in [4.69, 9.17) is 0 Å². The van der Waals surface area contributed by atoms with Crippen LogP contribution < -0.4 is 21.3 Å². The molecule has 0 aromatic heterocycles. The molecule has 0 fully saturated rings. The molecule has 2 atom stereocenters. The molecule has 0 radical (unpaired) electrons. The van der Waals surface area contributed by atoms with E-state index in [1.54, 1.807) is 31.2 Å². The molecule has 0 aliphatic carbocycles. The van der Waals surface area contributed by atoms with E-state index < -0.39 is 35.7 Å². The summed E-state index contributed by atoms with van der Waals surface area (Å²) in [4.78, 5) is 25.3. The quantitative estimate of drug-likeness (QED) is 0.246. The Bertz CT molecular complexity index is 1220. The van der Waals surface area contributed by atoms with Crippen LogP contribution in [0.15, 0.2) is 66.7 Å². The summed E-state index contributed by atoms with van der Waals surface area (Å²) in [6.45, 7) is 4.88. The van der Waals surface area contributed by atoms with E-state index in [0.29, 0.717) is 13.1 Å². The highest BCUT2D eigenvalue weighted by Gasteiger charge is 2.24. The Morgan fingerprint density at radius 2 is 1.61 bits per heavy atom. The van der Waals surface area contributed by atoms with Gasteiger partial charge in [-0.15, -0.1) is 0 Å². The number of anilines is 1. The molecule has 0 heterocycles. The Labute approximate surface area is 221 Å². The zero-order valence-electron chi connectivity index (χ0n) is 21.6. The second-order valence-corrected chi connectivity index (χ2v) is 8.96. The van der Waals surface area contributed by atoms with Crippen LogP contribution in [0.25, 0.3) is 0 Å². The van der Waals surface area contributed by atoms with Gasteiger partial charge in [-0.3, -0.25) is 4.79 Å². The molecular weight excluding hydrogens is 490 g/mol. The van der Waals surface area contributed by atoms with Gasteiger partial charge in [0.15, 0.2) is 0 Å². The van der Waals surface area contributed by atoms with Crippen molar-refractivity contribution in [2.24, 2.45) is 0 Å². The van der Waals surface area contributed by atoms with Crippen molar-refractivity contribution in [2.75, 3.05) is 18.4 Å². The zero-order valence-corrected chi connectivity index (χ0v) is 21.6. The maximum absolute atomic E-state index is 13.8. The summed E-state index contributed by atoms with van der Waals surface area (Å²) in [6, 6.07) is 16.3. The number of halogens is 2. The van der Waals surface area contributed by atoms with Gasteiger partial charge in [0, 0.05) is 25.7 Å². The van der Waals surface area contributed by atoms with E-state index in [2.05, 4.69) is 34.3 Å². The van der Waals surface area contributed by atoms with Crippen molar-refractivity contribution < 1.29 is 23.5 Å². The number of aliphatic hydroxyl groups excluding tert-OH is 1. The monoisotopic (exact) mass is 524 g/mol. The van der Waals surface area contributed by atoms with Gasteiger partial charge in [0.25, 0.3) is 5.91 Å². The third-order valence-electron chi connectivity index (χ3n) is 6.00. The molecule has 0 saturated carbocycles. The van der Waals surface area contributed by atoms with Crippen LogP contribution in [0, 0.1) is 11.6 Å². The standard InChI is InChI=1S/C29H34F2N4O3/c1-3-19-8-7-9-20(12-19)17-32-18-27(36)26(15-21-13-22(30)16-23(31)14-21)34-28(37)24-10-5-6-11-25(24)35-29(38)33-4-2/h5-14,16,26-27,32,36H,3-4,15,17-18H2,1-2H3,(H,34,37)(H2,33,35,38)/t26-,27+/m0/s1. The lowest BCUT2D eigenvalue weighted by Crippen LogP contribution is -2.48. The van der Waals surface area contributed by atoms with Gasteiger partial charge in [-0.1, -0.05) is 43.3 Å². The molecule has 0 aliphatic heterocycles. The van der Waals surface area contributed by atoms with E-state index >= 15 is 0 Å². The molecule has 3 rings (SSSR count). The second-order valence-electron chi connectivity index (χ2n) is 8.96. The number of amides is 3. The lowest BCUT2D eigenvalue weighted by Gasteiger charge is -2.25. The van der Waals surface area contributed by atoms with Gasteiger partial charge in [0.05, 0.1) is 23.4 Å². The molecule has 0 saturated heterocycles. The molecule has 38 heavy (non-hydrogen) atoms. The maximum Gasteiger partial charge on any atom is 0.319 e. The summed E-state index contributed by atoms with van der Waals surface area (Å²) in [7, 11) is 0. The topological polar surface area (TPSA) is 102 Å². The minimum atomic E-state index is -1.08. The number of hydrogen-bond acceptors (Lipinski definition) is 4. The molecule has 3 aromatic rings. The molecule has 3 aromatic carbocycles. The summed E-state index contributed by atoms with van der Waals surface area (Å²) < 4.78 is 27.7. The summed E-state index contributed by atoms with van der Waals surface area (Å²) >= 11 is 0. The van der Waals surface area contributed by atoms with Gasteiger partial charge >= 0.3 is 6.03 Å². The van der Waals surface area contributed by atoms with Gasteiger partial charge in [-0.2, -0.15) is 0 Å². The molecule has 202 valence electrons. The van der Waals surface area contributed by atoms with Crippen molar-refractivity contribution in [3.8, 4) is 0 Å². The predicted molar refractivity (Wildman–Crippen MR) is 144 cm³/mol. The van der Waals surface area contributed by atoms with Crippen LogP contribution in [0.3, 0.4) is 0 Å². The number of carbonyl (C=O) groups excluding carboxylic acids is 2. The third-order valence-corrected chi connectivity index (χ3v) is 6.00. The maximum atomic E-state index is 13.8. The number of aliphatic hydroxyl groups is 1. The first kappa shape index (κ1) is 28.7. The lowest BCUT2D eigenvalue weighted by atomic mass is 9.99. The van der Waals surface area contributed by atoms with Gasteiger partial charge < -0.3 is 26.4 Å². The average Bonchev–Trinajstić information content (AvgIpc) is 2.88. The van der Waals surface area contributed by atoms with Crippen LogP contribution in [0.1, 0.15) is 40.9 Å². The SMILES string of the molecule is CCNC(=O)Nc1ccccc1C(=O)N[C@@H](Cc1cc(F)cc(F)c1)[C@H](O)CNCc1cccc(CC)c1. The number of para-hydroxylation sites is 1. The van der Waals surface area contributed by atoms with Gasteiger partial charge in [-0.25, -0.2) is 13.6 Å². The molecule has 0 bridgehead atoms.